The van der Waals surface area contributed by atoms with Gasteiger partial charge in [-0.2, -0.15) is 0 Å². The van der Waals surface area contributed by atoms with Gasteiger partial charge in [-0.3, -0.25) is 4.79 Å². The van der Waals surface area contributed by atoms with Crippen LogP contribution < -0.4 is 10.6 Å². The summed E-state index contributed by atoms with van der Waals surface area (Å²) in [5.74, 6) is 1.02. The molecule has 0 spiro atoms. The number of halogens is 1. The Morgan fingerprint density at radius 3 is 2.78 bits per heavy atom. The van der Waals surface area contributed by atoms with Gasteiger partial charge >= 0.3 is 0 Å². The Balaban J connectivity index is 0.00000264. The van der Waals surface area contributed by atoms with Crippen molar-refractivity contribution in [3.05, 3.63) is 15.6 Å². The Morgan fingerprint density at radius 2 is 2.22 bits per heavy atom. The second-order valence-corrected chi connectivity index (χ2v) is 6.88. The molecule has 6 nitrogen and oxygen atoms in total. The molecule has 1 aromatic heterocycles. The molecule has 1 atom stereocenters. The van der Waals surface area contributed by atoms with Crippen LogP contribution in [0, 0.1) is 13.8 Å². The molecule has 1 aliphatic heterocycles. The van der Waals surface area contributed by atoms with E-state index in [4.69, 9.17) is 0 Å². The van der Waals surface area contributed by atoms with E-state index in [1.807, 2.05) is 20.9 Å². The maximum absolute atomic E-state index is 11.5. The van der Waals surface area contributed by atoms with Crippen molar-refractivity contribution in [3.63, 3.8) is 0 Å². The molecule has 1 fully saturated rings. The van der Waals surface area contributed by atoms with Gasteiger partial charge in [0.2, 0.25) is 5.91 Å². The summed E-state index contributed by atoms with van der Waals surface area (Å²) < 4.78 is 0. The summed E-state index contributed by atoms with van der Waals surface area (Å²) in [6.45, 7) is 8.26. The normalized spacial score (nSPS) is 18.6. The lowest BCUT2D eigenvalue weighted by atomic mass is 10.1. The van der Waals surface area contributed by atoms with Gasteiger partial charge in [0.25, 0.3) is 0 Å². The number of aryl methyl sites for hydroxylation is 2. The first kappa shape index (κ1) is 20.1. The van der Waals surface area contributed by atoms with E-state index in [2.05, 4.69) is 27.5 Å². The van der Waals surface area contributed by atoms with Crippen LogP contribution in [0.4, 0.5) is 0 Å². The SMILES string of the molecule is CCNC(=NCc1sc(C)nc1C)NC1CCC(=O)N(C)C1.I. The topological polar surface area (TPSA) is 69.6 Å². The highest BCUT2D eigenvalue weighted by atomic mass is 127. The van der Waals surface area contributed by atoms with Crippen LogP contribution >= 0.6 is 35.3 Å². The fourth-order valence-corrected chi connectivity index (χ4v) is 3.38. The van der Waals surface area contributed by atoms with Crippen LogP contribution in [0.1, 0.15) is 35.3 Å². The first-order valence-corrected chi connectivity index (χ1v) is 8.53. The average Bonchev–Trinajstić information content (AvgIpc) is 2.78. The number of guanidine groups is 1. The van der Waals surface area contributed by atoms with E-state index in [-0.39, 0.29) is 35.9 Å². The first-order chi connectivity index (χ1) is 10.5. The van der Waals surface area contributed by atoms with Crippen LogP contribution in [0.25, 0.3) is 0 Å². The van der Waals surface area contributed by atoms with Crippen LogP contribution in [-0.4, -0.2) is 47.9 Å². The van der Waals surface area contributed by atoms with Crippen LogP contribution in [-0.2, 0) is 11.3 Å². The molecule has 1 amide bonds. The summed E-state index contributed by atoms with van der Waals surface area (Å²) >= 11 is 1.69. The molecule has 8 heteroatoms. The number of rotatable bonds is 4. The molecule has 130 valence electrons. The maximum atomic E-state index is 11.5. The highest BCUT2D eigenvalue weighted by Crippen LogP contribution is 2.18. The zero-order valence-corrected chi connectivity index (χ0v) is 17.3. The average molecular weight is 451 g/mol. The van der Waals surface area contributed by atoms with Crippen molar-refractivity contribution in [3.8, 4) is 0 Å². The first-order valence-electron chi connectivity index (χ1n) is 7.71. The maximum Gasteiger partial charge on any atom is 0.222 e. The molecule has 0 radical (unpaired) electrons. The van der Waals surface area contributed by atoms with E-state index in [0.29, 0.717) is 13.0 Å². The number of carbonyl (C=O) groups excluding carboxylic acids is 1. The second-order valence-electron chi connectivity index (χ2n) is 5.59. The minimum Gasteiger partial charge on any atom is -0.357 e. The van der Waals surface area contributed by atoms with Gasteiger partial charge in [0.15, 0.2) is 5.96 Å². The van der Waals surface area contributed by atoms with Gasteiger partial charge in [-0.05, 0) is 27.2 Å². The van der Waals surface area contributed by atoms with E-state index < -0.39 is 0 Å². The van der Waals surface area contributed by atoms with Gasteiger partial charge in [-0.1, -0.05) is 0 Å². The van der Waals surface area contributed by atoms with Gasteiger partial charge in [0.1, 0.15) is 0 Å². The summed E-state index contributed by atoms with van der Waals surface area (Å²) in [6.07, 6.45) is 1.45. The van der Waals surface area contributed by atoms with E-state index in [9.17, 15) is 4.79 Å². The number of hydrogen-bond acceptors (Lipinski definition) is 4. The van der Waals surface area contributed by atoms with Crippen LogP contribution in [0.15, 0.2) is 4.99 Å². The Morgan fingerprint density at radius 1 is 1.48 bits per heavy atom. The lowest BCUT2D eigenvalue weighted by Gasteiger charge is -2.31. The highest BCUT2D eigenvalue weighted by molar-refractivity contribution is 14.0. The number of likely N-dealkylation sites (tertiary alicyclic amines) is 1. The minimum absolute atomic E-state index is 0. The summed E-state index contributed by atoms with van der Waals surface area (Å²) in [4.78, 5) is 23.6. The predicted octanol–water partition coefficient (Wildman–Crippen LogP) is 2.05. The van der Waals surface area contributed by atoms with Crippen molar-refractivity contribution in [2.45, 2.75) is 46.2 Å². The predicted molar refractivity (Wildman–Crippen MR) is 106 cm³/mol. The Kier molecular flexibility index (Phi) is 8.24. The zero-order valence-electron chi connectivity index (χ0n) is 14.2. The lowest BCUT2D eigenvalue weighted by Crippen LogP contribution is -2.51. The number of likely N-dealkylation sites (N-methyl/N-ethyl adjacent to an activating group) is 1. The largest absolute Gasteiger partial charge is 0.357 e. The van der Waals surface area contributed by atoms with E-state index in [1.54, 1.807) is 16.2 Å². The number of aliphatic imine (C=N–C) groups is 1. The van der Waals surface area contributed by atoms with Gasteiger partial charge in [-0.25, -0.2) is 9.98 Å². The molecule has 0 aromatic carbocycles. The minimum atomic E-state index is 0. The second kappa shape index (κ2) is 9.41. The van der Waals surface area contributed by atoms with Crippen molar-refractivity contribution in [1.29, 1.82) is 0 Å². The van der Waals surface area contributed by atoms with E-state index in [0.717, 1.165) is 36.2 Å². The number of nitrogens with one attached hydrogen (secondary N) is 2. The standard InChI is InChI=1S/C15H25N5OS.HI/c1-5-16-15(17-8-13-10(2)18-11(3)22-13)19-12-6-7-14(21)20(4)9-12;/h12H,5-9H2,1-4H3,(H2,16,17,19);1H. The van der Waals surface area contributed by atoms with Crippen molar-refractivity contribution in [2.24, 2.45) is 4.99 Å². The molecule has 23 heavy (non-hydrogen) atoms. The molecule has 2 rings (SSSR count). The van der Waals surface area contributed by atoms with Gasteiger partial charge in [-0.15, -0.1) is 35.3 Å². The number of piperidine rings is 1. The van der Waals surface area contributed by atoms with E-state index in [1.165, 1.54) is 4.88 Å². The molecule has 0 saturated carbocycles. The number of thiazole rings is 1. The fraction of sp³-hybridized carbons (Fsp3) is 0.667. The number of aromatic nitrogens is 1. The summed E-state index contributed by atoms with van der Waals surface area (Å²) in [6, 6.07) is 0.254. The number of amides is 1. The zero-order chi connectivity index (χ0) is 16.1. The molecule has 1 aliphatic rings. The fourth-order valence-electron chi connectivity index (χ4n) is 2.51. The third-order valence-corrected chi connectivity index (χ3v) is 4.75. The van der Waals surface area contributed by atoms with Gasteiger partial charge in [0.05, 0.1) is 17.2 Å². The monoisotopic (exact) mass is 451 g/mol. The molecule has 0 bridgehead atoms. The smallest absolute Gasteiger partial charge is 0.222 e. The number of nitrogens with zero attached hydrogens (tertiary/aromatic N) is 3. The van der Waals surface area contributed by atoms with Crippen LogP contribution in [0.3, 0.4) is 0 Å². The van der Waals surface area contributed by atoms with Crippen LogP contribution in [0.5, 0.6) is 0 Å². The van der Waals surface area contributed by atoms with Crippen molar-refractivity contribution < 1.29 is 4.79 Å². The van der Waals surface area contributed by atoms with Gasteiger partial charge in [0, 0.05) is 37.5 Å². The number of carbonyl (C=O) groups is 1. The molecular formula is C15H26IN5OS. The van der Waals surface area contributed by atoms with Crippen molar-refractivity contribution >= 4 is 47.2 Å². The molecule has 1 unspecified atom stereocenters. The Labute approximate surface area is 159 Å². The molecule has 0 aliphatic carbocycles. The molecule has 2 N–H and O–H groups in total. The summed E-state index contributed by atoms with van der Waals surface area (Å²) in [7, 11) is 1.85. The van der Waals surface area contributed by atoms with E-state index >= 15 is 0 Å². The Hall–Kier alpha value is -0.900. The lowest BCUT2D eigenvalue weighted by molar-refractivity contribution is -0.132. The molecule has 1 saturated heterocycles. The molecule has 1 aromatic rings. The third-order valence-electron chi connectivity index (χ3n) is 3.69. The summed E-state index contributed by atoms with van der Waals surface area (Å²) in [5.41, 5.74) is 1.06. The highest BCUT2D eigenvalue weighted by Gasteiger charge is 2.23. The van der Waals surface area contributed by atoms with Crippen molar-refractivity contribution in [2.75, 3.05) is 20.1 Å². The van der Waals surface area contributed by atoms with Crippen LogP contribution in [0.2, 0.25) is 0 Å². The number of hydrogen-bond donors (Lipinski definition) is 2. The molecular weight excluding hydrogens is 425 g/mol. The Bertz CT molecular complexity index is 560. The summed E-state index contributed by atoms with van der Waals surface area (Å²) in [5, 5.41) is 7.78. The quantitative estimate of drug-likeness (QED) is 0.418. The van der Waals surface area contributed by atoms with Crippen molar-refractivity contribution in [1.82, 2.24) is 20.5 Å². The van der Waals surface area contributed by atoms with Gasteiger partial charge < -0.3 is 15.5 Å². The molecule has 2 heterocycles. The third kappa shape index (κ3) is 5.91.